The van der Waals surface area contributed by atoms with Crippen LogP contribution in [0.1, 0.15) is 59.3 Å². The molecule has 0 amide bonds. The minimum Gasteiger partial charge on any atom is -0.317 e. The van der Waals surface area contributed by atoms with E-state index >= 15 is 0 Å². The molecule has 2 unspecified atom stereocenters. The molecule has 0 aromatic heterocycles. The maximum Gasteiger partial charge on any atom is 0.00952 e. The van der Waals surface area contributed by atoms with Gasteiger partial charge in [0.1, 0.15) is 0 Å². The van der Waals surface area contributed by atoms with Gasteiger partial charge in [0, 0.05) is 18.1 Å². The smallest absolute Gasteiger partial charge is 0.00952 e. The van der Waals surface area contributed by atoms with E-state index in [-0.39, 0.29) is 0 Å². The van der Waals surface area contributed by atoms with Crippen molar-refractivity contribution in [2.24, 2.45) is 5.92 Å². The number of hydrogen-bond donors (Lipinski definition) is 1. The van der Waals surface area contributed by atoms with E-state index in [1.807, 2.05) is 0 Å². The van der Waals surface area contributed by atoms with E-state index in [0.717, 1.165) is 12.0 Å². The van der Waals surface area contributed by atoms with Crippen molar-refractivity contribution in [3.05, 3.63) is 0 Å². The average molecular weight is 240 g/mol. The summed E-state index contributed by atoms with van der Waals surface area (Å²) in [5.74, 6) is 1.01. The monoisotopic (exact) mass is 240 g/mol. The predicted molar refractivity (Wildman–Crippen MR) is 76.4 cm³/mol. The maximum absolute atomic E-state index is 3.34. The highest BCUT2D eigenvalue weighted by Crippen LogP contribution is 2.30. The van der Waals surface area contributed by atoms with E-state index in [1.54, 1.807) is 0 Å². The van der Waals surface area contributed by atoms with Crippen LogP contribution in [0, 0.1) is 5.92 Å². The molecule has 2 atom stereocenters. The first-order valence-electron chi connectivity index (χ1n) is 7.47. The lowest BCUT2D eigenvalue weighted by molar-refractivity contribution is 0.117. The standard InChI is InChI=1S/C15H32N2/c1-6-14-7-9-15(10-8-14)17(5)13(3)11-12(2)16-4/h12-16H,6-11H2,1-5H3. The Labute approximate surface area is 108 Å². The van der Waals surface area contributed by atoms with Crippen LogP contribution in [0.5, 0.6) is 0 Å². The van der Waals surface area contributed by atoms with Crippen LogP contribution >= 0.6 is 0 Å². The van der Waals surface area contributed by atoms with Gasteiger partial charge in [-0.1, -0.05) is 13.3 Å². The summed E-state index contributed by atoms with van der Waals surface area (Å²) in [4.78, 5) is 2.62. The van der Waals surface area contributed by atoms with Crippen molar-refractivity contribution in [1.29, 1.82) is 0 Å². The summed E-state index contributed by atoms with van der Waals surface area (Å²) in [5, 5.41) is 3.34. The van der Waals surface area contributed by atoms with Gasteiger partial charge >= 0.3 is 0 Å². The molecule has 1 saturated carbocycles. The summed E-state index contributed by atoms with van der Waals surface area (Å²) in [5.41, 5.74) is 0. The van der Waals surface area contributed by atoms with Crippen LogP contribution in [-0.2, 0) is 0 Å². The van der Waals surface area contributed by atoms with Gasteiger partial charge in [0.15, 0.2) is 0 Å². The van der Waals surface area contributed by atoms with Crippen molar-refractivity contribution in [2.75, 3.05) is 14.1 Å². The third kappa shape index (κ3) is 4.59. The predicted octanol–water partition coefficient (Wildman–Crippen LogP) is 3.27. The van der Waals surface area contributed by atoms with Crippen LogP contribution < -0.4 is 5.32 Å². The first-order valence-corrected chi connectivity index (χ1v) is 7.47. The van der Waals surface area contributed by atoms with E-state index in [9.17, 15) is 0 Å². The second kappa shape index (κ2) is 7.38. The highest BCUT2D eigenvalue weighted by atomic mass is 15.2. The Kier molecular flexibility index (Phi) is 6.50. The fraction of sp³-hybridized carbons (Fsp3) is 1.00. The van der Waals surface area contributed by atoms with Crippen molar-refractivity contribution in [3.63, 3.8) is 0 Å². The lowest BCUT2D eigenvalue weighted by Gasteiger charge is -2.38. The quantitative estimate of drug-likeness (QED) is 0.766. The Morgan fingerprint density at radius 2 is 1.76 bits per heavy atom. The molecule has 1 aliphatic carbocycles. The molecule has 1 N–H and O–H groups in total. The molecule has 2 heteroatoms. The highest BCUT2D eigenvalue weighted by molar-refractivity contribution is 4.81. The minimum atomic E-state index is 0.624. The second-order valence-electron chi connectivity index (χ2n) is 6.02. The average Bonchev–Trinajstić information content (AvgIpc) is 2.37. The second-order valence-corrected chi connectivity index (χ2v) is 6.02. The van der Waals surface area contributed by atoms with Gasteiger partial charge in [0.2, 0.25) is 0 Å². The van der Waals surface area contributed by atoms with Crippen molar-refractivity contribution in [3.8, 4) is 0 Å². The molecule has 1 aliphatic rings. The van der Waals surface area contributed by atoms with Crippen LogP contribution in [-0.4, -0.2) is 37.1 Å². The van der Waals surface area contributed by atoms with E-state index < -0.39 is 0 Å². The fourth-order valence-electron chi connectivity index (χ4n) is 3.12. The summed E-state index contributed by atoms with van der Waals surface area (Å²) in [7, 11) is 4.38. The zero-order valence-corrected chi connectivity index (χ0v) is 12.5. The van der Waals surface area contributed by atoms with Crippen LogP contribution in [0.3, 0.4) is 0 Å². The number of rotatable bonds is 6. The van der Waals surface area contributed by atoms with Crippen molar-refractivity contribution >= 4 is 0 Å². The van der Waals surface area contributed by atoms with Crippen molar-refractivity contribution < 1.29 is 0 Å². The molecule has 0 spiro atoms. The molecule has 1 fully saturated rings. The number of nitrogens with one attached hydrogen (secondary N) is 1. The SMILES string of the molecule is CCC1CCC(N(C)C(C)CC(C)NC)CC1. The van der Waals surface area contributed by atoms with Crippen LogP contribution in [0.15, 0.2) is 0 Å². The van der Waals surface area contributed by atoms with Gasteiger partial charge in [-0.3, -0.25) is 0 Å². The Balaban J connectivity index is 2.34. The number of hydrogen-bond acceptors (Lipinski definition) is 2. The molecule has 0 heterocycles. The molecular formula is C15H32N2. The minimum absolute atomic E-state index is 0.624. The van der Waals surface area contributed by atoms with Crippen LogP contribution in [0.2, 0.25) is 0 Å². The Morgan fingerprint density at radius 1 is 1.18 bits per heavy atom. The lowest BCUT2D eigenvalue weighted by Crippen LogP contribution is -2.43. The first kappa shape index (κ1) is 15.0. The van der Waals surface area contributed by atoms with E-state index in [4.69, 9.17) is 0 Å². The van der Waals surface area contributed by atoms with Gasteiger partial charge in [-0.15, -0.1) is 0 Å². The number of nitrogens with zero attached hydrogens (tertiary/aromatic N) is 1. The first-order chi connectivity index (χ1) is 8.08. The molecular weight excluding hydrogens is 208 g/mol. The van der Waals surface area contributed by atoms with Gasteiger partial charge in [-0.05, 0) is 66.0 Å². The molecule has 1 rings (SSSR count). The Morgan fingerprint density at radius 3 is 2.24 bits per heavy atom. The largest absolute Gasteiger partial charge is 0.317 e. The van der Waals surface area contributed by atoms with E-state index in [1.165, 1.54) is 38.5 Å². The fourth-order valence-corrected chi connectivity index (χ4v) is 3.12. The van der Waals surface area contributed by atoms with Gasteiger partial charge in [0.25, 0.3) is 0 Å². The molecule has 102 valence electrons. The molecule has 0 aliphatic heterocycles. The lowest BCUT2D eigenvalue weighted by atomic mass is 9.83. The Hall–Kier alpha value is -0.0800. The highest BCUT2D eigenvalue weighted by Gasteiger charge is 2.25. The third-order valence-corrected chi connectivity index (χ3v) is 4.85. The molecule has 0 radical (unpaired) electrons. The summed E-state index contributed by atoms with van der Waals surface area (Å²) < 4.78 is 0. The summed E-state index contributed by atoms with van der Waals surface area (Å²) in [6, 6.07) is 2.15. The van der Waals surface area contributed by atoms with Gasteiger partial charge < -0.3 is 10.2 Å². The van der Waals surface area contributed by atoms with Gasteiger partial charge in [-0.2, -0.15) is 0 Å². The van der Waals surface area contributed by atoms with E-state index in [2.05, 4.69) is 45.1 Å². The zero-order chi connectivity index (χ0) is 12.8. The van der Waals surface area contributed by atoms with Crippen LogP contribution in [0.4, 0.5) is 0 Å². The third-order valence-electron chi connectivity index (χ3n) is 4.85. The van der Waals surface area contributed by atoms with Crippen LogP contribution in [0.25, 0.3) is 0 Å². The molecule has 0 aromatic rings. The molecule has 17 heavy (non-hydrogen) atoms. The molecule has 2 nitrogen and oxygen atoms in total. The normalized spacial score (nSPS) is 29.3. The zero-order valence-electron chi connectivity index (χ0n) is 12.5. The van der Waals surface area contributed by atoms with Gasteiger partial charge in [-0.25, -0.2) is 0 Å². The van der Waals surface area contributed by atoms with Gasteiger partial charge in [0.05, 0.1) is 0 Å². The molecule has 0 bridgehead atoms. The maximum atomic E-state index is 3.34. The Bertz CT molecular complexity index is 197. The summed E-state index contributed by atoms with van der Waals surface area (Å²) >= 11 is 0. The topological polar surface area (TPSA) is 15.3 Å². The van der Waals surface area contributed by atoms with Crippen molar-refractivity contribution in [1.82, 2.24) is 10.2 Å². The molecule has 0 aromatic carbocycles. The van der Waals surface area contributed by atoms with E-state index in [0.29, 0.717) is 12.1 Å². The van der Waals surface area contributed by atoms with Crippen molar-refractivity contribution in [2.45, 2.75) is 77.4 Å². The summed E-state index contributed by atoms with van der Waals surface area (Å²) in [6.07, 6.45) is 8.34. The molecule has 0 saturated heterocycles. The summed E-state index contributed by atoms with van der Waals surface area (Å²) in [6.45, 7) is 6.99.